The lowest BCUT2D eigenvalue weighted by atomic mass is 9.95. The standard InChI is InChI=1S/C22H33N3O3/c1-2-28-20-11-7-6-10-19(20)22(27)24-18-12-14-25(15-13-18)16-21(26)23-17-8-4-3-5-9-17/h6-7,10-11,17-18H,2-5,8-9,12-16H2,1H3,(H,23,26)(H,24,27). The molecule has 1 aromatic rings. The van der Waals surface area contributed by atoms with Gasteiger partial charge in [-0.05, 0) is 44.7 Å². The minimum absolute atomic E-state index is 0.0856. The van der Waals surface area contributed by atoms with Gasteiger partial charge in [-0.25, -0.2) is 0 Å². The van der Waals surface area contributed by atoms with Crippen molar-refractivity contribution in [3.05, 3.63) is 29.8 Å². The third-order valence-corrected chi connectivity index (χ3v) is 5.69. The van der Waals surface area contributed by atoms with Crippen molar-refractivity contribution in [2.24, 2.45) is 0 Å². The number of nitrogens with zero attached hydrogens (tertiary/aromatic N) is 1. The third-order valence-electron chi connectivity index (χ3n) is 5.69. The SMILES string of the molecule is CCOc1ccccc1C(=O)NC1CCN(CC(=O)NC2CCCCC2)CC1. The molecule has 28 heavy (non-hydrogen) atoms. The van der Waals surface area contributed by atoms with Gasteiger partial charge in [-0.3, -0.25) is 14.5 Å². The van der Waals surface area contributed by atoms with Gasteiger partial charge in [0.15, 0.2) is 0 Å². The zero-order chi connectivity index (χ0) is 19.8. The van der Waals surface area contributed by atoms with Crippen LogP contribution in [-0.2, 0) is 4.79 Å². The molecule has 1 aliphatic carbocycles. The van der Waals surface area contributed by atoms with Crippen LogP contribution in [0.2, 0.25) is 0 Å². The second kappa shape index (κ2) is 10.5. The average molecular weight is 388 g/mol. The molecule has 0 spiro atoms. The number of likely N-dealkylation sites (tertiary alicyclic amines) is 1. The summed E-state index contributed by atoms with van der Waals surface area (Å²) in [5, 5.41) is 6.31. The fourth-order valence-corrected chi connectivity index (χ4v) is 4.16. The van der Waals surface area contributed by atoms with Crippen LogP contribution in [0.25, 0.3) is 0 Å². The van der Waals surface area contributed by atoms with Crippen molar-refractivity contribution in [2.45, 2.75) is 64.0 Å². The molecule has 0 radical (unpaired) electrons. The van der Waals surface area contributed by atoms with Gasteiger partial charge in [0.25, 0.3) is 5.91 Å². The molecular formula is C22H33N3O3. The van der Waals surface area contributed by atoms with Crippen molar-refractivity contribution in [3.8, 4) is 5.75 Å². The molecule has 154 valence electrons. The van der Waals surface area contributed by atoms with E-state index < -0.39 is 0 Å². The summed E-state index contributed by atoms with van der Waals surface area (Å²) in [6.07, 6.45) is 7.69. The highest BCUT2D eigenvalue weighted by molar-refractivity contribution is 5.97. The number of hydrogen-bond acceptors (Lipinski definition) is 4. The topological polar surface area (TPSA) is 70.7 Å². The van der Waals surface area contributed by atoms with E-state index in [9.17, 15) is 9.59 Å². The molecule has 2 aliphatic rings. The van der Waals surface area contributed by atoms with Gasteiger partial charge in [-0.15, -0.1) is 0 Å². The van der Waals surface area contributed by atoms with Crippen LogP contribution in [0, 0.1) is 0 Å². The van der Waals surface area contributed by atoms with Crippen LogP contribution in [0.15, 0.2) is 24.3 Å². The molecule has 1 saturated heterocycles. The Labute approximate surface area is 168 Å². The first kappa shape index (κ1) is 20.6. The number of rotatable bonds is 7. The highest BCUT2D eigenvalue weighted by Crippen LogP contribution is 2.20. The van der Waals surface area contributed by atoms with Crippen LogP contribution in [0.1, 0.15) is 62.2 Å². The minimum atomic E-state index is -0.0856. The van der Waals surface area contributed by atoms with E-state index in [4.69, 9.17) is 4.74 Å². The highest BCUT2D eigenvalue weighted by Gasteiger charge is 2.24. The van der Waals surface area contributed by atoms with E-state index in [-0.39, 0.29) is 17.9 Å². The lowest BCUT2D eigenvalue weighted by Gasteiger charge is -2.32. The maximum absolute atomic E-state index is 12.6. The lowest BCUT2D eigenvalue weighted by Crippen LogP contribution is -2.48. The molecule has 1 saturated carbocycles. The lowest BCUT2D eigenvalue weighted by molar-refractivity contribution is -0.123. The van der Waals surface area contributed by atoms with Gasteiger partial charge in [0.2, 0.25) is 5.91 Å². The van der Waals surface area contributed by atoms with Gasteiger partial charge in [0, 0.05) is 25.2 Å². The Bertz CT molecular complexity index is 650. The Morgan fingerprint density at radius 2 is 1.68 bits per heavy atom. The predicted molar refractivity (Wildman–Crippen MR) is 110 cm³/mol. The van der Waals surface area contributed by atoms with E-state index in [1.165, 1.54) is 19.3 Å². The van der Waals surface area contributed by atoms with Gasteiger partial charge in [-0.1, -0.05) is 31.4 Å². The summed E-state index contributed by atoms with van der Waals surface area (Å²) in [4.78, 5) is 27.1. The van der Waals surface area contributed by atoms with Crippen molar-refractivity contribution < 1.29 is 14.3 Å². The molecule has 2 fully saturated rings. The van der Waals surface area contributed by atoms with E-state index in [0.29, 0.717) is 30.5 Å². The Hall–Kier alpha value is -2.08. The maximum atomic E-state index is 12.6. The summed E-state index contributed by atoms with van der Waals surface area (Å²) >= 11 is 0. The fraction of sp³-hybridized carbons (Fsp3) is 0.636. The summed E-state index contributed by atoms with van der Waals surface area (Å²) in [5.41, 5.74) is 0.582. The molecule has 0 atom stereocenters. The van der Waals surface area contributed by atoms with Crippen LogP contribution in [-0.4, -0.2) is 55.0 Å². The van der Waals surface area contributed by atoms with Gasteiger partial charge in [0.05, 0.1) is 18.7 Å². The Morgan fingerprint density at radius 1 is 1.00 bits per heavy atom. The largest absolute Gasteiger partial charge is 0.493 e. The molecule has 1 aliphatic heterocycles. The number of hydrogen-bond donors (Lipinski definition) is 2. The first-order valence-electron chi connectivity index (χ1n) is 10.7. The van der Waals surface area contributed by atoms with Gasteiger partial charge < -0.3 is 15.4 Å². The summed E-state index contributed by atoms with van der Waals surface area (Å²) in [6.45, 7) is 4.57. The number of carbonyl (C=O) groups excluding carboxylic acids is 2. The Balaban J connectivity index is 1.41. The zero-order valence-electron chi connectivity index (χ0n) is 16.9. The monoisotopic (exact) mass is 387 g/mol. The molecular weight excluding hydrogens is 354 g/mol. The number of ether oxygens (including phenoxy) is 1. The van der Waals surface area contributed by atoms with Crippen molar-refractivity contribution in [3.63, 3.8) is 0 Å². The molecule has 6 heteroatoms. The number of carbonyl (C=O) groups is 2. The van der Waals surface area contributed by atoms with E-state index in [2.05, 4.69) is 15.5 Å². The number of piperidine rings is 1. The van der Waals surface area contributed by atoms with Crippen LogP contribution < -0.4 is 15.4 Å². The van der Waals surface area contributed by atoms with E-state index in [1.54, 1.807) is 6.07 Å². The van der Waals surface area contributed by atoms with Crippen LogP contribution in [0.5, 0.6) is 5.75 Å². The number of amides is 2. The van der Waals surface area contributed by atoms with Crippen molar-refractivity contribution >= 4 is 11.8 Å². The quantitative estimate of drug-likeness (QED) is 0.755. The molecule has 2 amide bonds. The molecule has 2 N–H and O–H groups in total. The first-order valence-corrected chi connectivity index (χ1v) is 10.7. The van der Waals surface area contributed by atoms with Crippen molar-refractivity contribution in [2.75, 3.05) is 26.2 Å². The molecule has 1 aromatic carbocycles. The number of nitrogens with one attached hydrogen (secondary N) is 2. The highest BCUT2D eigenvalue weighted by atomic mass is 16.5. The van der Waals surface area contributed by atoms with Crippen molar-refractivity contribution in [1.29, 1.82) is 0 Å². The molecule has 0 unspecified atom stereocenters. The molecule has 1 heterocycles. The fourth-order valence-electron chi connectivity index (χ4n) is 4.16. The minimum Gasteiger partial charge on any atom is -0.493 e. The first-order chi connectivity index (χ1) is 13.7. The van der Waals surface area contributed by atoms with Gasteiger partial charge in [-0.2, -0.15) is 0 Å². The molecule has 6 nitrogen and oxygen atoms in total. The maximum Gasteiger partial charge on any atom is 0.255 e. The predicted octanol–water partition coefficient (Wildman–Crippen LogP) is 2.73. The second-order valence-corrected chi connectivity index (χ2v) is 7.86. The Kier molecular flexibility index (Phi) is 7.71. The van der Waals surface area contributed by atoms with E-state index in [0.717, 1.165) is 38.8 Å². The van der Waals surface area contributed by atoms with Gasteiger partial charge in [0.1, 0.15) is 5.75 Å². The van der Waals surface area contributed by atoms with Crippen LogP contribution in [0.4, 0.5) is 0 Å². The summed E-state index contributed by atoms with van der Waals surface area (Å²) in [7, 11) is 0. The van der Waals surface area contributed by atoms with E-state index in [1.807, 2.05) is 25.1 Å². The number of benzene rings is 1. The van der Waals surface area contributed by atoms with E-state index >= 15 is 0 Å². The third kappa shape index (κ3) is 5.96. The second-order valence-electron chi connectivity index (χ2n) is 7.86. The number of para-hydroxylation sites is 1. The summed E-state index contributed by atoms with van der Waals surface area (Å²) < 4.78 is 5.56. The molecule has 0 bridgehead atoms. The Morgan fingerprint density at radius 3 is 2.39 bits per heavy atom. The molecule has 3 rings (SSSR count). The van der Waals surface area contributed by atoms with Crippen LogP contribution in [0.3, 0.4) is 0 Å². The zero-order valence-corrected chi connectivity index (χ0v) is 16.9. The van der Waals surface area contributed by atoms with Crippen LogP contribution >= 0.6 is 0 Å². The van der Waals surface area contributed by atoms with Gasteiger partial charge >= 0.3 is 0 Å². The average Bonchev–Trinajstić information content (AvgIpc) is 2.71. The summed E-state index contributed by atoms with van der Waals surface area (Å²) in [6, 6.07) is 7.85. The molecule has 0 aromatic heterocycles. The normalized spacial score (nSPS) is 19.2. The smallest absolute Gasteiger partial charge is 0.255 e. The van der Waals surface area contributed by atoms with Crippen molar-refractivity contribution in [1.82, 2.24) is 15.5 Å². The summed E-state index contributed by atoms with van der Waals surface area (Å²) in [5.74, 6) is 0.678.